The van der Waals surface area contributed by atoms with Gasteiger partial charge in [-0.1, -0.05) is 26.7 Å². The summed E-state index contributed by atoms with van der Waals surface area (Å²) in [6.07, 6.45) is 6.36. The van der Waals surface area contributed by atoms with Gasteiger partial charge < -0.3 is 11.1 Å². The molecule has 1 fully saturated rings. The van der Waals surface area contributed by atoms with Crippen molar-refractivity contribution in [3.8, 4) is 0 Å². The summed E-state index contributed by atoms with van der Waals surface area (Å²) >= 11 is 0. The zero-order valence-electron chi connectivity index (χ0n) is 11.9. The first-order chi connectivity index (χ1) is 7.99. The highest BCUT2D eigenvalue weighted by atomic mass is 35.5. The first-order valence-electron chi connectivity index (χ1n) is 7.05. The van der Waals surface area contributed by atoms with Gasteiger partial charge in [-0.25, -0.2) is 0 Å². The van der Waals surface area contributed by atoms with Crippen LogP contribution in [0.5, 0.6) is 0 Å². The second kappa shape index (κ2) is 8.76. The molecular weight excluding hydrogens is 248 g/mol. The van der Waals surface area contributed by atoms with Gasteiger partial charge in [-0.3, -0.25) is 4.79 Å². The lowest BCUT2D eigenvalue weighted by atomic mass is 10.0. The predicted molar refractivity (Wildman–Crippen MR) is 78.9 cm³/mol. The molecule has 1 aliphatic carbocycles. The molecule has 3 atom stereocenters. The highest BCUT2D eigenvalue weighted by Gasteiger charge is 2.28. The Morgan fingerprint density at radius 2 is 1.94 bits per heavy atom. The molecule has 1 aliphatic rings. The van der Waals surface area contributed by atoms with Crippen LogP contribution in [0, 0.1) is 11.8 Å². The van der Waals surface area contributed by atoms with Gasteiger partial charge in [0.05, 0.1) is 0 Å². The third-order valence-corrected chi connectivity index (χ3v) is 3.65. The molecular formula is C14H29ClN2O. The molecule has 1 saturated carbocycles. The van der Waals surface area contributed by atoms with Gasteiger partial charge in [0.2, 0.25) is 5.91 Å². The van der Waals surface area contributed by atoms with Crippen molar-refractivity contribution < 1.29 is 4.79 Å². The Bertz CT molecular complexity index is 246. The quantitative estimate of drug-likeness (QED) is 0.784. The fraction of sp³-hybridized carbons (Fsp3) is 0.929. The molecule has 0 saturated heterocycles. The van der Waals surface area contributed by atoms with E-state index in [4.69, 9.17) is 5.73 Å². The summed E-state index contributed by atoms with van der Waals surface area (Å²) in [4.78, 5) is 11.9. The van der Waals surface area contributed by atoms with E-state index in [1.165, 1.54) is 12.8 Å². The first-order valence-corrected chi connectivity index (χ1v) is 7.05. The maximum absolute atomic E-state index is 11.9. The number of amides is 1. The minimum atomic E-state index is 0. The summed E-state index contributed by atoms with van der Waals surface area (Å²) in [5, 5.41) is 3.12. The van der Waals surface area contributed by atoms with Crippen molar-refractivity contribution in [2.45, 2.75) is 71.4 Å². The molecule has 1 amide bonds. The molecule has 3 N–H and O–H groups in total. The number of hydrogen-bond acceptors (Lipinski definition) is 2. The van der Waals surface area contributed by atoms with E-state index >= 15 is 0 Å². The largest absolute Gasteiger partial charge is 0.353 e. The molecule has 3 unspecified atom stereocenters. The minimum absolute atomic E-state index is 0. The van der Waals surface area contributed by atoms with E-state index in [-0.39, 0.29) is 30.3 Å². The Morgan fingerprint density at radius 1 is 1.28 bits per heavy atom. The number of rotatable bonds is 6. The molecule has 4 heteroatoms. The van der Waals surface area contributed by atoms with Crippen LogP contribution in [0.1, 0.15) is 59.3 Å². The van der Waals surface area contributed by atoms with E-state index in [0.717, 1.165) is 31.6 Å². The van der Waals surface area contributed by atoms with Crippen LogP contribution in [0.4, 0.5) is 0 Å². The summed E-state index contributed by atoms with van der Waals surface area (Å²) in [6.45, 7) is 6.58. The molecule has 0 radical (unpaired) electrons. The average Bonchev–Trinajstić information content (AvgIpc) is 2.64. The van der Waals surface area contributed by atoms with E-state index in [2.05, 4.69) is 26.1 Å². The molecule has 0 aromatic carbocycles. The third-order valence-electron chi connectivity index (χ3n) is 3.65. The standard InChI is InChI=1S/C14H28N2O.ClH/c1-10(2)5-4-6-11(3)16-14(17)12-7-8-13(15)9-12;/h10-13H,4-9,15H2,1-3H3,(H,16,17);1H. The third kappa shape index (κ3) is 6.60. The number of nitrogens with two attached hydrogens (primary N) is 1. The van der Waals surface area contributed by atoms with E-state index < -0.39 is 0 Å². The second-order valence-corrected chi connectivity index (χ2v) is 6.00. The fourth-order valence-electron chi connectivity index (χ4n) is 2.52. The van der Waals surface area contributed by atoms with Gasteiger partial charge in [-0.05, 0) is 38.5 Å². The van der Waals surface area contributed by atoms with Gasteiger partial charge in [0.15, 0.2) is 0 Å². The summed E-state index contributed by atoms with van der Waals surface area (Å²) in [5.41, 5.74) is 5.83. The average molecular weight is 277 g/mol. The van der Waals surface area contributed by atoms with Crippen LogP contribution in [0.3, 0.4) is 0 Å². The Kier molecular flexibility index (Phi) is 8.62. The van der Waals surface area contributed by atoms with E-state index in [0.29, 0.717) is 6.04 Å². The van der Waals surface area contributed by atoms with Crippen molar-refractivity contribution >= 4 is 18.3 Å². The van der Waals surface area contributed by atoms with Crippen molar-refractivity contribution in [1.82, 2.24) is 5.32 Å². The smallest absolute Gasteiger partial charge is 0.223 e. The Hall–Kier alpha value is -0.280. The SMILES string of the molecule is CC(C)CCCC(C)NC(=O)C1CCC(N)C1.Cl. The Balaban J connectivity index is 0.00000289. The van der Waals surface area contributed by atoms with Crippen LogP contribution in [-0.2, 0) is 4.79 Å². The van der Waals surface area contributed by atoms with Crippen LogP contribution in [0.25, 0.3) is 0 Å². The van der Waals surface area contributed by atoms with Gasteiger partial charge >= 0.3 is 0 Å². The van der Waals surface area contributed by atoms with Gasteiger partial charge in [0.1, 0.15) is 0 Å². The molecule has 18 heavy (non-hydrogen) atoms. The number of nitrogens with one attached hydrogen (secondary N) is 1. The van der Waals surface area contributed by atoms with Crippen molar-refractivity contribution in [1.29, 1.82) is 0 Å². The lowest BCUT2D eigenvalue weighted by Crippen LogP contribution is -2.37. The number of hydrogen-bond donors (Lipinski definition) is 2. The maximum Gasteiger partial charge on any atom is 0.223 e. The van der Waals surface area contributed by atoms with Crippen molar-refractivity contribution in [2.75, 3.05) is 0 Å². The van der Waals surface area contributed by atoms with Gasteiger partial charge in [0.25, 0.3) is 0 Å². The maximum atomic E-state index is 11.9. The minimum Gasteiger partial charge on any atom is -0.353 e. The summed E-state index contributed by atoms with van der Waals surface area (Å²) in [6, 6.07) is 0.542. The van der Waals surface area contributed by atoms with Crippen LogP contribution >= 0.6 is 12.4 Å². The van der Waals surface area contributed by atoms with E-state index in [1.54, 1.807) is 0 Å². The summed E-state index contributed by atoms with van der Waals surface area (Å²) in [7, 11) is 0. The van der Waals surface area contributed by atoms with Crippen molar-refractivity contribution in [3.63, 3.8) is 0 Å². The predicted octanol–water partition coefficient (Wildman–Crippen LogP) is 2.87. The van der Waals surface area contributed by atoms with Crippen molar-refractivity contribution in [3.05, 3.63) is 0 Å². The molecule has 3 nitrogen and oxygen atoms in total. The summed E-state index contributed by atoms with van der Waals surface area (Å²) in [5.74, 6) is 1.14. The van der Waals surface area contributed by atoms with Crippen molar-refractivity contribution in [2.24, 2.45) is 17.6 Å². The zero-order valence-corrected chi connectivity index (χ0v) is 12.8. The van der Waals surface area contributed by atoms with Crippen LogP contribution in [0.15, 0.2) is 0 Å². The lowest BCUT2D eigenvalue weighted by Gasteiger charge is -2.17. The highest BCUT2D eigenvalue weighted by molar-refractivity contribution is 5.85. The fourth-order valence-corrected chi connectivity index (χ4v) is 2.52. The van der Waals surface area contributed by atoms with Crippen LogP contribution < -0.4 is 11.1 Å². The molecule has 0 heterocycles. The molecule has 0 aromatic rings. The van der Waals surface area contributed by atoms with E-state index in [1.807, 2.05) is 0 Å². The molecule has 108 valence electrons. The van der Waals surface area contributed by atoms with Crippen LogP contribution in [-0.4, -0.2) is 18.0 Å². The lowest BCUT2D eigenvalue weighted by molar-refractivity contribution is -0.125. The molecule has 0 aromatic heterocycles. The normalized spacial score (nSPS) is 24.7. The van der Waals surface area contributed by atoms with Crippen LogP contribution in [0.2, 0.25) is 0 Å². The summed E-state index contributed by atoms with van der Waals surface area (Å²) < 4.78 is 0. The van der Waals surface area contributed by atoms with Gasteiger partial charge in [-0.15, -0.1) is 12.4 Å². The molecule has 0 spiro atoms. The Morgan fingerprint density at radius 3 is 2.44 bits per heavy atom. The van der Waals surface area contributed by atoms with E-state index in [9.17, 15) is 4.79 Å². The van der Waals surface area contributed by atoms with Gasteiger partial charge in [-0.2, -0.15) is 0 Å². The monoisotopic (exact) mass is 276 g/mol. The number of carbonyl (C=O) groups excluding carboxylic acids is 1. The second-order valence-electron chi connectivity index (χ2n) is 6.00. The van der Waals surface area contributed by atoms with Gasteiger partial charge in [0, 0.05) is 18.0 Å². The topological polar surface area (TPSA) is 55.1 Å². The first kappa shape index (κ1) is 17.7. The highest BCUT2D eigenvalue weighted by Crippen LogP contribution is 2.24. The Labute approximate surface area is 118 Å². The zero-order chi connectivity index (χ0) is 12.8. The molecule has 0 aliphatic heterocycles. The number of halogens is 1. The molecule has 1 rings (SSSR count). The molecule has 0 bridgehead atoms. The number of carbonyl (C=O) groups is 1.